The van der Waals surface area contributed by atoms with Crippen LogP contribution in [0, 0.1) is 12.2 Å². The van der Waals surface area contributed by atoms with Crippen molar-refractivity contribution < 1.29 is 45.1 Å². The molecule has 12 heavy (non-hydrogen) atoms. The summed E-state index contributed by atoms with van der Waals surface area (Å²) in [5.74, 6) is 0. The van der Waals surface area contributed by atoms with Crippen LogP contribution in [0.1, 0.15) is 12.8 Å². The van der Waals surface area contributed by atoms with Crippen molar-refractivity contribution in [2.24, 2.45) is 0 Å². The van der Waals surface area contributed by atoms with Crippen LogP contribution in [0.4, 0.5) is 0 Å². The second-order valence-corrected chi connectivity index (χ2v) is 2.01. The third-order valence-electron chi connectivity index (χ3n) is 1.17. The maximum Gasteiger partial charge on any atom is 3.00 e. The van der Waals surface area contributed by atoms with E-state index < -0.39 is 0 Å². The van der Waals surface area contributed by atoms with Crippen molar-refractivity contribution in [3.05, 3.63) is 48.6 Å². The van der Waals surface area contributed by atoms with Gasteiger partial charge in [-0.1, -0.05) is 0 Å². The largest absolute Gasteiger partial charge is 3.00 e. The molecule has 0 unspecified atom stereocenters. The van der Waals surface area contributed by atoms with Gasteiger partial charge in [0.15, 0.2) is 0 Å². The van der Waals surface area contributed by atoms with Gasteiger partial charge >= 0.3 is 32.7 Å². The van der Waals surface area contributed by atoms with Gasteiger partial charge in [0.2, 0.25) is 0 Å². The molecule has 0 radical (unpaired) electrons. The summed E-state index contributed by atoms with van der Waals surface area (Å²) in [7, 11) is 0. The molecule has 0 heterocycles. The first-order valence-corrected chi connectivity index (χ1v) is 3.43. The molecule has 0 saturated heterocycles. The van der Waals surface area contributed by atoms with Crippen LogP contribution in [0.25, 0.3) is 0 Å². The first kappa shape index (κ1) is 14.9. The van der Waals surface area contributed by atoms with Gasteiger partial charge in [0, 0.05) is 0 Å². The van der Waals surface area contributed by atoms with Crippen LogP contribution in [0.5, 0.6) is 0 Å². The zero-order valence-corrected chi connectivity index (χ0v) is 10.4. The van der Waals surface area contributed by atoms with Crippen molar-refractivity contribution in [3.8, 4) is 0 Å². The Morgan fingerprint density at radius 1 is 0.833 bits per heavy atom. The molecule has 0 N–H and O–H groups in total. The summed E-state index contributed by atoms with van der Waals surface area (Å²) < 4.78 is 0. The van der Waals surface area contributed by atoms with Crippen LogP contribution in [0.15, 0.2) is 36.5 Å². The number of hydrogen-bond donors (Lipinski definition) is 0. The van der Waals surface area contributed by atoms with Crippen LogP contribution in [-0.2, 0) is 32.7 Å². The molecule has 0 aromatic heterocycles. The summed E-state index contributed by atoms with van der Waals surface area (Å²) in [4.78, 5) is 0. The molecule has 2 aliphatic rings. The molecule has 0 fully saturated rings. The fourth-order valence-electron chi connectivity index (χ4n) is 0.680. The zero-order chi connectivity index (χ0) is 7.07. The Morgan fingerprint density at radius 2 is 1.25 bits per heavy atom. The molecule has 0 aliphatic heterocycles. The molecule has 0 atom stereocenters. The molecule has 0 spiro atoms. The molecular weight excluding hydrogens is 244 g/mol. The summed E-state index contributed by atoms with van der Waals surface area (Å²) >= 11 is 0. The first-order valence-electron chi connectivity index (χ1n) is 3.43. The molecule has 0 aromatic rings. The Hall–Kier alpha value is 0.354. The topological polar surface area (TPSA) is 0 Å². The standard InChI is InChI=1S/2C5H5.ClH.Y/c2*1-2-4-5-3-1;;/h2*1-3H,4H2;1H;/q2*-1;;+3/p-1. The van der Waals surface area contributed by atoms with Gasteiger partial charge < -0.3 is 12.4 Å². The zero-order valence-electron chi connectivity index (χ0n) is 6.83. The van der Waals surface area contributed by atoms with Gasteiger partial charge in [0.25, 0.3) is 0 Å². The van der Waals surface area contributed by atoms with Crippen molar-refractivity contribution in [2.45, 2.75) is 12.8 Å². The molecule has 2 rings (SSSR count). The second kappa shape index (κ2) is 11.4. The SMILES string of the molecule is [C-]1=CC=CC1.[C-]1=CC=CC1.[Cl-].[Y+3]. The normalized spacial score (nSPS) is 14.7. The molecule has 2 aliphatic carbocycles. The van der Waals surface area contributed by atoms with Crippen LogP contribution in [-0.4, -0.2) is 0 Å². The van der Waals surface area contributed by atoms with E-state index in [2.05, 4.69) is 24.3 Å². The third kappa shape index (κ3) is 8.45. The Balaban J connectivity index is 0. The van der Waals surface area contributed by atoms with E-state index in [9.17, 15) is 0 Å². The quantitative estimate of drug-likeness (QED) is 0.517. The van der Waals surface area contributed by atoms with E-state index in [0.717, 1.165) is 12.8 Å². The molecule has 0 bridgehead atoms. The van der Waals surface area contributed by atoms with E-state index in [1.54, 1.807) is 0 Å². The van der Waals surface area contributed by atoms with Crippen LogP contribution < -0.4 is 12.4 Å². The monoisotopic (exact) mass is 254 g/mol. The van der Waals surface area contributed by atoms with Crippen molar-refractivity contribution in [2.75, 3.05) is 0 Å². The minimum Gasteiger partial charge on any atom is -1.00 e. The van der Waals surface area contributed by atoms with Crippen molar-refractivity contribution in [1.29, 1.82) is 0 Å². The first-order chi connectivity index (χ1) is 5.00. The minimum absolute atomic E-state index is 0. The number of hydrogen-bond acceptors (Lipinski definition) is 0. The molecular formula is C10H10ClY. The van der Waals surface area contributed by atoms with Gasteiger partial charge in [0.1, 0.15) is 0 Å². The maximum atomic E-state index is 2.99. The van der Waals surface area contributed by atoms with E-state index in [4.69, 9.17) is 0 Å². The maximum absolute atomic E-state index is 2.99. The van der Waals surface area contributed by atoms with E-state index in [-0.39, 0.29) is 45.1 Å². The average molecular weight is 255 g/mol. The fourth-order valence-corrected chi connectivity index (χ4v) is 0.680. The number of rotatable bonds is 0. The van der Waals surface area contributed by atoms with Gasteiger partial charge in [-0.3, -0.25) is 12.2 Å². The molecule has 0 amide bonds. The predicted octanol–water partition coefficient (Wildman–Crippen LogP) is -0.387. The molecule has 60 valence electrons. The Labute approximate surface area is 106 Å². The third-order valence-corrected chi connectivity index (χ3v) is 1.17. The van der Waals surface area contributed by atoms with E-state index >= 15 is 0 Å². The summed E-state index contributed by atoms with van der Waals surface area (Å²) in [6.07, 6.45) is 20.0. The van der Waals surface area contributed by atoms with E-state index in [1.807, 2.05) is 24.3 Å². The molecule has 0 nitrogen and oxygen atoms in total. The van der Waals surface area contributed by atoms with Gasteiger partial charge in [-0.15, -0.1) is 12.8 Å². The predicted molar refractivity (Wildman–Crippen MR) is 43.1 cm³/mol. The molecule has 0 aromatic carbocycles. The number of allylic oxidation sites excluding steroid dienone is 8. The second-order valence-electron chi connectivity index (χ2n) is 2.01. The van der Waals surface area contributed by atoms with Crippen molar-refractivity contribution in [3.63, 3.8) is 0 Å². The summed E-state index contributed by atoms with van der Waals surface area (Å²) in [5, 5.41) is 0. The number of halogens is 1. The summed E-state index contributed by atoms with van der Waals surface area (Å²) in [6, 6.07) is 0. The summed E-state index contributed by atoms with van der Waals surface area (Å²) in [6.45, 7) is 0. The minimum atomic E-state index is 0. The van der Waals surface area contributed by atoms with Crippen LogP contribution in [0.2, 0.25) is 0 Å². The van der Waals surface area contributed by atoms with Gasteiger partial charge in [-0.05, 0) is 0 Å². The van der Waals surface area contributed by atoms with Crippen LogP contribution >= 0.6 is 0 Å². The van der Waals surface area contributed by atoms with Crippen molar-refractivity contribution in [1.82, 2.24) is 0 Å². The molecule has 2 heteroatoms. The average Bonchev–Trinajstić information content (AvgIpc) is 2.67. The fraction of sp³-hybridized carbons (Fsp3) is 0.200. The molecule has 0 saturated carbocycles. The Morgan fingerprint density at radius 3 is 1.33 bits per heavy atom. The van der Waals surface area contributed by atoms with Crippen molar-refractivity contribution >= 4 is 0 Å². The van der Waals surface area contributed by atoms with Gasteiger partial charge in [0.05, 0.1) is 0 Å². The summed E-state index contributed by atoms with van der Waals surface area (Å²) in [5.41, 5.74) is 0. The van der Waals surface area contributed by atoms with E-state index in [1.165, 1.54) is 0 Å². The van der Waals surface area contributed by atoms with Crippen LogP contribution in [0.3, 0.4) is 0 Å². The Kier molecular flexibility index (Phi) is 14.1. The van der Waals surface area contributed by atoms with Gasteiger partial charge in [-0.2, -0.15) is 12.2 Å². The smallest absolute Gasteiger partial charge is 1.00 e. The van der Waals surface area contributed by atoms with Gasteiger partial charge in [-0.25, -0.2) is 24.3 Å². The van der Waals surface area contributed by atoms with E-state index in [0.29, 0.717) is 0 Å². The Bertz CT molecular complexity index is 148.